The Labute approximate surface area is 144 Å². The second kappa shape index (κ2) is 6.93. The molecule has 24 heavy (non-hydrogen) atoms. The van der Waals surface area contributed by atoms with Crippen LogP contribution in [-0.2, 0) is 13.6 Å². The smallest absolute Gasteiger partial charge is 0.278 e. The molecule has 0 N–H and O–H groups in total. The summed E-state index contributed by atoms with van der Waals surface area (Å²) >= 11 is 1.31. The molecule has 2 heterocycles. The molecule has 5 nitrogen and oxygen atoms in total. The van der Waals surface area contributed by atoms with Gasteiger partial charge in [-0.1, -0.05) is 49.0 Å². The van der Waals surface area contributed by atoms with Crippen molar-refractivity contribution < 1.29 is 0 Å². The van der Waals surface area contributed by atoms with Crippen LogP contribution in [0.15, 0.2) is 46.5 Å². The van der Waals surface area contributed by atoms with Gasteiger partial charge in [-0.2, -0.15) is 5.26 Å². The lowest BCUT2D eigenvalue weighted by atomic mass is 10.1. The van der Waals surface area contributed by atoms with Gasteiger partial charge in [0.15, 0.2) is 5.16 Å². The van der Waals surface area contributed by atoms with Crippen LogP contribution in [0.25, 0.3) is 22.2 Å². The molecule has 0 fully saturated rings. The summed E-state index contributed by atoms with van der Waals surface area (Å²) in [4.78, 5) is 17.7. The summed E-state index contributed by atoms with van der Waals surface area (Å²) in [6.45, 7) is 2.62. The Morgan fingerprint density at radius 2 is 2.04 bits per heavy atom. The molecular weight excluding hydrogens is 320 g/mol. The molecule has 6 heteroatoms. The van der Waals surface area contributed by atoms with Crippen LogP contribution in [-0.4, -0.2) is 19.9 Å². The van der Waals surface area contributed by atoms with Crippen molar-refractivity contribution in [3.63, 3.8) is 0 Å². The number of hydrogen-bond acceptors (Lipinski definition) is 4. The molecule has 0 atom stereocenters. The first-order valence-electron chi connectivity index (χ1n) is 7.82. The minimum atomic E-state index is -0.0491. The van der Waals surface area contributed by atoms with E-state index in [-0.39, 0.29) is 11.3 Å². The lowest BCUT2D eigenvalue weighted by molar-refractivity contribution is 0.583. The number of hydrogen-bond donors (Lipinski definition) is 0. The van der Waals surface area contributed by atoms with Gasteiger partial charge in [-0.15, -0.1) is 0 Å². The average molecular weight is 338 g/mol. The molecule has 0 spiro atoms. The van der Waals surface area contributed by atoms with Gasteiger partial charge in [0, 0.05) is 25.4 Å². The predicted octanol–water partition coefficient (Wildman–Crippen LogP) is 3.43. The van der Waals surface area contributed by atoms with E-state index in [1.165, 1.54) is 11.8 Å². The normalized spacial score (nSPS) is 10.9. The number of aryl methyl sites for hydroxylation is 1. The molecule has 1 aromatic carbocycles. The van der Waals surface area contributed by atoms with Crippen molar-refractivity contribution in [1.29, 1.82) is 5.26 Å². The Balaban J connectivity index is 2.30. The first kappa shape index (κ1) is 16.3. The second-order valence-corrected chi connectivity index (χ2v) is 6.46. The minimum absolute atomic E-state index is 0.0491. The lowest BCUT2D eigenvalue weighted by Crippen LogP contribution is -2.24. The highest BCUT2D eigenvalue weighted by Gasteiger charge is 2.18. The monoisotopic (exact) mass is 338 g/mol. The van der Waals surface area contributed by atoms with E-state index in [0.29, 0.717) is 22.7 Å². The standard InChI is InChI=1S/C18H18N4OS/c1-3-10-22-17(23)16-15(20-18(22)24-11-9-19)14(12-21(16)2)13-7-5-4-6-8-13/h4-8,12H,3,10-11H2,1-2H3. The maximum absolute atomic E-state index is 13.0. The Morgan fingerprint density at radius 1 is 1.29 bits per heavy atom. The number of nitriles is 1. The summed E-state index contributed by atoms with van der Waals surface area (Å²) in [5.74, 6) is 0.273. The molecular formula is C18H18N4OS. The zero-order valence-electron chi connectivity index (χ0n) is 13.7. The first-order valence-corrected chi connectivity index (χ1v) is 8.81. The highest BCUT2D eigenvalue weighted by Crippen LogP contribution is 2.29. The van der Waals surface area contributed by atoms with Gasteiger partial charge in [0.2, 0.25) is 0 Å². The fourth-order valence-corrected chi connectivity index (χ4v) is 3.49. The highest BCUT2D eigenvalue weighted by molar-refractivity contribution is 7.99. The van der Waals surface area contributed by atoms with Gasteiger partial charge in [0.1, 0.15) is 11.0 Å². The molecule has 0 bridgehead atoms. The maximum Gasteiger partial charge on any atom is 0.278 e. The number of aromatic nitrogens is 3. The molecule has 0 aliphatic heterocycles. The first-order chi connectivity index (χ1) is 11.7. The summed E-state index contributed by atoms with van der Waals surface area (Å²) in [5, 5.41) is 9.49. The van der Waals surface area contributed by atoms with Crippen LogP contribution in [0.2, 0.25) is 0 Å². The Hall–Kier alpha value is -2.52. The van der Waals surface area contributed by atoms with Gasteiger partial charge in [0.05, 0.1) is 11.8 Å². The van der Waals surface area contributed by atoms with Crippen molar-refractivity contribution in [2.45, 2.75) is 25.0 Å². The predicted molar refractivity (Wildman–Crippen MR) is 97.0 cm³/mol. The zero-order valence-corrected chi connectivity index (χ0v) is 14.5. The van der Waals surface area contributed by atoms with E-state index in [0.717, 1.165) is 17.5 Å². The van der Waals surface area contributed by atoms with Crippen molar-refractivity contribution >= 4 is 22.8 Å². The van der Waals surface area contributed by atoms with Crippen LogP contribution in [0.1, 0.15) is 13.3 Å². The van der Waals surface area contributed by atoms with Crippen LogP contribution in [0.3, 0.4) is 0 Å². The number of fused-ring (bicyclic) bond motifs is 1. The summed E-state index contributed by atoms with van der Waals surface area (Å²) in [6.07, 6.45) is 2.78. The molecule has 3 rings (SSSR count). The average Bonchev–Trinajstić information content (AvgIpc) is 2.93. The quantitative estimate of drug-likeness (QED) is 0.528. The molecule has 0 amide bonds. The van der Waals surface area contributed by atoms with E-state index < -0.39 is 0 Å². The molecule has 3 aromatic rings. The van der Waals surface area contributed by atoms with Crippen LogP contribution < -0.4 is 5.56 Å². The van der Waals surface area contributed by atoms with E-state index in [1.807, 2.05) is 55.1 Å². The molecule has 0 saturated carbocycles. The van der Waals surface area contributed by atoms with E-state index in [1.54, 1.807) is 4.57 Å². The lowest BCUT2D eigenvalue weighted by Gasteiger charge is -2.10. The molecule has 122 valence electrons. The van der Waals surface area contributed by atoms with E-state index >= 15 is 0 Å². The van der Waals surface area contributed by atoms with E-state index in [9.17, 15) is 4.79 Å². The van der Waals surface area contributed by atoms with Gasteiger partial charge in [-0.3, -0.25) is 9.36 Å². The molecule has 0 unspecified atom stereocenters. The third-order valence-electron chi connectivity index (χ3n) is 3.84. The number of benzene rings is 1. The summed E-state index contributed by atoms with van der Waals surface area (Å²) in [7, 11) is 1.87. The zero-order chi connectivity index (χ0) is 17.1. The highest BCUT2D eigenvalue weighted by atomic mass is 32.2. The molecule has 0 aliphatic carbocycles. The van der Waals surface area contributed by atoms with Crippen molar-refractivity contribution in [1.82, 2.24) is 14.1 Å². The topological polar surface area (TPSA) is 63.6 Å². The Morgan fingerprint density at radius 3 is 2.71 bits per heavy atom. The number of rotatable bonds is 5. The van der Waals surface area contributed by atoms with Gasteiger partial charge in [-0.05, 0) is 12.0 Å². The second-order valence-electron chi connectivity index (χ2n) is 5.51. The molecule has 0 saturated heterocycles. The van der Waals surface area contributed by atoms with E-state index in [2.05, 4.69) is 6.07 Å². The van der Waals surface area contributed by atoms with E-state index in [4.69, 9.17) is 10.2 Å². The molecule has 2 aromatic heterocycles. The Bertz CT molecular complexity index is 967. The molecule has 0 aliphatic rings. The van der Waals surface area contributed by atoms with Crippen molar-refractivity contribution in [3.05, 3.63) is 46.9 Å². The van der Waals surface area contributed by atoms with Crippen LogP contribution in [0, 0.1) is 11.3 Å². The fraction of sp³-hybridized carbons (Fsp3) is 0.278. The third-order valence-corrected chi connectivity index (χ3v) is 4.68. The van der Waals surface area contributed by atoms with Crippen molar-refractivity contribution in [3.8, 4) is 17.2 Å². The largest absolute Gasteiger partial charge is 0.344 e. The summed E-state index contributed by atoms with van der Waals surface area (Å²) in [6, 6.07) is 12.0. The Kier molecular flexibility index (Phi) is 4.72. The summed E-state index contributed by atoms with van der Waals surface area (Å²) in [5.41, 5.74) is 3.21. The maximum atomic E-state index is 13.0. The SMILES string of the molecule is CCCn1c(SCC#N)nc2c(-c3ccccc3)cn(C)c2c1=O. The van der Waals surface area contributed by atoms with Crippen LogP contribution >= 0.6 is 11.8 Å². The minimum Gasteiger partial charge on any atom is -0.344 e. The fourth-order valence-electron chi connectivity index (χ4n) is 2.81. The third kappa shape index (κ3) is 2.83. The molecule has 0 radical (unpaired) electrons. The van der Waals surface area contributed by atoms with Gasteiger partial charge >= 0.3 is 0 Å². The van der Waals surface area contributed by atoms with Crippen molar-refractivity contribution in [2.24, 2.45) is 7.05 Å². The van der Waals surface area contributed by atoms with Crippen LogP contribution in [0.4, 0.5) is 0 Å². The van der Waals surface area contributed by atoms with Gasteiger partial charge in [-0.25, -0.2) is 4.98 Å². The van der Waals surface area contributed by atoms with Crippen LogP contribution in [0.5, 0.6) is 0 Å². The number of nitrogens with zero attached hydrogens (tertiary/aromatic N) is 4. The number of thioether (sulfide) groups is 1. The summed E-state index contributed by atoms with van der Waals surface area (Å²) < 4.78 is 3.52. The van der Waals surface area contributed by atoms with Crippen molar-refractivity contribution in [2.75, 3.05) is 5.75 Å². The van der Waals surface area contributed by atoms with Gasteiger partial charge in [0.25, 0.3) is 5.56 Å². The van der Waals surface area contributed by atoms with Gasteiger partial charge < -0.3 is 4.57 Å².